The maximum atomic E-state index is 13.1. The summed E-state index contributed by atoms with van der Waals surface area (Å²) in [6.45, 7) is 0. The molecule has 0 fully saturated rings. The lowest BCUT2D eigenvalue weighted by molar-refractivity contribution is -0.111. The predicted molar refractivity (Wildman–Crippen MR) is 108 cm³/mol. The average Bonchev–Trinajstić information content (AvgIpc) is 3.45. The van der Waals surface area contributed by atoms with Gasteiger partial charge in [-0.2, -0.15) is 4.68 Å². The van der Waals surface area contributed by atoms with Crippen LogP contribution in [0.1, 0.15) is 5.76 Å². The number of aromatic nitrogens is 4. The molecule has 0 aliphatic carbocycles. The SMILES string of the molecule is COc1ccc(NC(=O)C(=Cc2ccco2)n2nnnc2-c2ccccc2)cc1. The van der Waals surface area contributed by atoms with Crippen molar-refractivity contribution in [2.24, 2.45) is 0 Å². The van der Waals surface area contributed by atoms with Crippen molar-refractivity contribution in [1.29, 1.82) is 0 Å². The fourth-order valence-electron chi connectivity index (χ4n) is 2.72. The Morgan fingerprint density at radius 3 is 2.55 bits per heavy atom. The number of carbonyl (C=O) groups excluding carboxylic acids is 1. The van der Waals surface area contributed by atoms with Crippen molar-refractivity contribution in [3.05, 3.63) is 78.8 Å². The molecule has 1 N–H and O–H groups in total. The monoisotopic (exact) mass is 387 g/mol. The third-order valence-corrected chi connectivity index (χ3v) is 4.13. The van der Waals surface area contributed by atoms with Gasteiger partial charge in [0.05, 0.1) is 13.4 Å². The third kappa shape index (κ3) is 4.06. The molecule has 0 radical (unpaired) electrons. The number of hydrogen-bond acceptors (Lipinski definition) is 6. The summed E-state index contributed by atoms with van der Waals surface area (Å²) in [6, 6.07) is 19.9. The zero-order valence-corrected chi connectivity index (χ0v) is 15.5. The topological polar surface area (TPSA) is 95.1 Å². The molecule has 0 saturated carbocycles. The van der Waals surface area contributed by atoms with Gasteiger partial charge in [0, 0.05) is 17.3 Å². The molecule has 29 heavy (non-hydrogen) atoms. The summed E-state index contributed by atoms with van der Waals surface area (Å²) in [5.74, 6) is 1.24. The number of nitrogens with zero attached hydrogens (tertiary/aromatic N) is 4. The first-order valence-corrected chi connectivity index (χ1v) is 8.79. The van der Waals surface area contributed by atoms with E-state index in [1.54, 1.807) is 49.6 Å². The molecule has 8 heteroatoms. The van der Waals surface area contributed by atoms with Crippen LogP contribution in [-0.4, -0.2) is 33.2 Å². The summed E-state index contributed by atoms with van der Waals surface area (Å²) in [7, 11) is 1.58. The molecule has 4 aromatic rings. The van der Waals surface area contributed by atoms with Gasteiger partial charge >= 0.3 is 0 Å². The van der Waals surface area contributed by atoms with E-state index in [0.717, 1.165) is 5.56 Å². The van der Waals surface area contributed by atoms with Crippen LogP contribution in [0.5, 0.6) is 5.75 Å². The number of amides is 1. The number of furan rings is 1. The highest BCUT2D eigenvalue weighted by Gasteiger charge is 2.20. The van der Waals surface area contributed by atoms with Crippen molar-refractivity contribution in [2.75, 3.05) is 12.4 Å². The van der Waals surface area contributed by atoms with Gasteiger partial charge in [-0.05, 0) is 46.8 Å². The summed E-state index contributed by atoms with van der Waals surface area (Å²) in [5, 5.41) is 14.7. The van der Waals surface area contributed by atoms with Crippen molar-refractivity contribution < 1.29 is 13.9 Å². The molecule has 8 nitrogen and oxygen atoms in total. The van der Waals surface area contributed by atoms with Crippen LogP contribution in [0.25, 0.3) is 23.2 Å². The Bertz CT molecular complexity index is 1120. The van der Waals surface area contributed by atoms with Crippen LogP contribution in [0.4, 0.5) is 5.69 Å². The third-order valence-electron chi connectivity index (χ3n) is 4.13. The number of methoxy groups -OCH3 is 1. The van der Waals surface area contributed by atoms with Crippen molar-refractivity contribution in [3.63, 3.8) is 0 Å². The van der Waals surface area contributed by atoms with Gasteiger partial charge < -0.3 is 14.5 Å². The molecular formula is C21H17N5O3. The van der Waals surface area contributed by atoms with Gasteiger partial charge in [-0.25, -0.2) is 0 Å². The van der Waals surface area contributed by atoms with Gasteiger partial charge in [0.15, 0.2) is 5.82 Å². The molecule has 0 aliphatic heterocycles. The number of benzene rings is 2. The Balaban J connectivity index is 1.72. The summed E-state index contributed by atoms with van der Waals surface area (Å²) in [5.41, 5.74) is 1.59. The molecule has 0 aliphatic rings. The second kappa shape index (κ2) is 8.22. The standard InChI is InChI=1S/C21H17N5O3/c1-28-17-11-9-16(10-12-17)22-21(27)19(14-18-8-5-13-29-18)26-20(23-24-25-26)15-6-3-2-4-7-15/h2-14H,1H3,(H,22,27). The number of tetrazole rings is 1. The molecule has 1 amide bonds. The van der Waals surface area contributed by atoms with Crippen LogP contribution in [0.3, 0.4) is 0 Å². The second-order valence-electron chi connectivity index (χ2n) is 6.01. The lowest BCUT2D eigenvalue weighted by atomic mass is 10.2. The van der Waals surface area contributed by atoms with Gasteiger partial charge in [-0.3, -0.25) is 4.79 Å². The Kier molecular flexibility index (Phi) is 5.15. The normalized spacial score (nSPS) is 11.3. The molecule has 4 rings (SSSR count). The van der Waals surface area contributed by atoms with Crippen LogP contribution in [0.2, 0.25) is 0 Å². The van der Waals surface area contributed by atoms with Crippen LogP contribution in [-0.2, 0) is 4.79 Å². The van der Waals surface area contributed by atoms with Crippen LogP contribution < -0.4 is 10.1 Å². The minimum atomic E-state index is -0.393. The fourth-order valence-corrected chi connectivity index (χ4v) is 2.72. The van der Waals surface area contributed by atoms with Crippen molar-refractivity contribution in [3.8, 4) is 17.1 Å². The minimum Gasteiger partial charge on any atom is -0.497 e. The number of carbonyl (C=O) groups is 1. The van der Waals surface area contributed by atoms with Crippen LogP contribution >= 0.6 is 0 Å². The molecule has 144 valence electrons. The zero-order valence-electron chi connectivity index (χ0n) is 15.5. The van der Waals surface area contributed by atoms with Gasteiger partial charge in [0.25, 0.3) is 5.91 Å². The van der Waals surface area contributed by atoms with Crippen LogP contribution in [0.15, 0.2) is 77.4 Å². The quantitative estimate of drug-likeness (QED) is 0.508. The zero-order chi connectivity index (χ0) is 20.1. The Morgan fingerprint density at radius 2 is 1.86 bits per heavy atom. The first kappa shape index (κ1) is 18.2. The van der Waals surface area contributed by atoms with E-state index in [1.165, 1.54) is 10.9 Å². The molecule has 2 heterocycles. The van der Waals surface area contributed by atoms with Crippen LogP contribution in [0, 0.1) is 0 Å². The van der Waals surface area contributed by atoms with Gasteiger partial charge in [-0.1, -0.05) is 30.3 Å². The minimum absolute atomic E-state index is 0.208. The van der Waals surface area contributed by atoms with Crippen molar-refractivity contribution in [2.45, 2.75) is 0 Å². The second-order valence-corrected chi connectivity index (χ2v) is 6.01. The number of hydrogen-bond donors (Lipinski definition) is 1. The molecular weight excluding hydrogens is 370 g/mol. The molecule has 0 saturated heterocycles. The molecule has 0 atom stereocenters. The summed E-state index contributed by atoms with van der Waals surface area (Å²) in [6.07, 6.45) is 3.12. The predicted octanol–water partition coefficient (Wildman–Crippen LogP) is 3.58. The first-order valence-electron chi connectivity index (χ1n) is 8.79. The van der Waals surface area contributed by atoms with Crippen molar-refractivity contribution >= 4 is 23.4 Å². The van der Waals surface area contributed by atoms with E-state index in [9.17, 15) is 4.79 Å². The van der Waals surface area contributed by atoms with Gasteiger partial charge in [0.1, 0.15) is 17.2 Å². The largest absolute Gasteiger partial charge is 0.497 e. The Morgan fingerprint density at radius 1 is 1.07 bits per heavy atom. The number of anilines is 1. The van der Waals surface area contributed by atoms with E-state index < -0.39 is 5.91 Å². The van der Waals surface area contributed by atoms with E-state index in [1.807, 2.05) is 30.3 Å². The number of ether oxygens (including phenoxy) is 1. The van der Waals surface area contributed by atoms with Crippen molar-refractivity contribution in [1.82, 2.24) is 20.2 Å². The summed E-state index contributed by atoms with van der Waals surface area (Å²) < 4.78 is 11.9. The lowest BCUT2D eigenvalue weighted by Gasteiger charge is -2.11. The van der Waals surface area contributed by atoms with E-state index in [4.69, 9.17) is 9.15 Å². The van der Waals surface area contributed by atoms with E-state index in [0.29, 0.717) is 23.0 Å². The summed E-state index contributed by atoms with van der Waals surface area (Å²) in [4.78, 5) is 13.1. The maximum absolute atomic E-state index is 13.1. The molecule has 0 bridgehead atoms. The van der Waals surface area contributed by atoms with E-state index in [-0.39, 0.29) is 5.70 Å². The highest BCUT2D eigenvalue weighted by molar-refractivity contribution is 6.24. The van der Waals surface area contributed by atoms with E-state index in [2.05, 4.69) is 20.8 Å². The van der Waals surface area contributed by atoms with E-state index >= 15 is 0 Å². The molecule has 2 aromatic heterocycles. The smallest absolute Gasteiger partial charge is 0.274 e. The van der Waals surface area contributed by atoms with Gasteiger partial charge in [-0.15, -0.1) is 5.10 Å². The first-order chi connectivity index (χ1) is 14.2. The van der Waals surface area contributed by atoms with Gasteiger partial charge in [0.2, 0.25) is 0 Å². The highest BCUT2D eigenvalue weighted by Crippen LogP contribution is 2.22. The lowest BCUT2D eigenvalue weighted by Crippen LogP contribution is -2.19. The molecule has 2 aromatic carbocycles. The number of rotatable bonds is 6. The highest BCUT2D eigenvalue weighted by atomic mass is 16.5. The molecule has 0 spiro atoms. The average molecular weight is 387 g/mol. The Labute approximate surface area is 166 Å². The fraction of sp³-hybridized carbons (Fsp3) is 0.0476. The number of nitrogens with one attached hydrogen (secondary N) is 1. The Hall–Kier alpha value is -4.20. The molecule has 0 unspecified atom stereocenters. The summed E-state index contributed by atoms with van der Waals surface area (Å²) >= 11 is 0. The maximum Gasteiger partial charge on any atom is 0.274 e.